The summed E-state index contributed by atoms with van der Waals surface area (Å²) in [5.41, 5.74) is 4.85. The van der Waals surface area contributed by atoms with Gasteiger partial charge in [0, 0.05) is 19.6 Å². The third-order valence-electron chi connectivity index (χ3n) is 6.48. The molecule has 0 bridgehead atoms. The molecule has 1 aliphatic rings. The molecule has 5 heteroatoms. The van der Waals surface area contributed by atoms with Crippen molar-refractivity contribution in [3.8, 4) is 5.75 Å². The molecule has 1 aliphatic heterocycles. The van der Waals surface area contributed by atoms with E-state index in [9.17, 15) is 0 Å². The summed E-state index contributed by atoms with van der Waals surface area (Å²) in [7, 11) is 0. The van der Waals surface area contributed by atoms with Gasteiger partial charge in [-0.15, -0.1) is 0 Å². The molecule has 1 fully saturated rings. The molecule has 2 heterocycles. The molecular formula is C27H37N3O2. The number of aromatic nitrogens is 2. The second-order valence-corrected chi connectivity index (χ2v) is 9.19. The highest BCUT2D eigenvalue weighted by Gasteiger charge is 2.23. The molecular weight excluding hydrogens is 398 g/mol. The summed E-state index contributed by atoms with van der Waals surface area (Å²) in [6, 6.07) is 15.3. The fourth-order valence-electron chi connectivity index (χ4n) is 4.57. The first-order valence-electron chi connectivity index (χ1n) is 12.0. The first kappa shape index (κ1) is 22.8. The van der Waals surface area contributed by atoms with Gasteiger partial charge in [-0.05, 0) is 61.9 Å². The maximum absolute atomic E-state index is 6.21. The number of benzene rings is 2. The lowest BCUT2D eigenvalue weighted by Gasteiger charge is -2.32. The Hall–Kier alpha value is -2.37. The van der Waals surface area contributed by atoms with E-state index in [1.165, 1.54) is 16.6 Å². The zero-order valence-electron chi connectivity index (χ0n) is 20.0. The molecule has 1 saturated heterocycles. The molecule has 0 radical (unpaired) electrons. The van der Waals surface area contributed by atoms with Crippen LogP contribution in [0, 0.1) is 6.92 Å². The van der Waals surface area contributed by atoms with Crippen LogP contribution >= 0.6 is 0 Å². The Morgan fingerprint density at radius 1 is 1.03 bits per heavy atom. The quantitative estimate of drug-likeness (QED) is 0.403. The number of rotatable bonds is 9. The van der Waals surface area contributed by atoms with Crippen LogP contribution in [0.3, 0.4) is 0 Å². The number of fused-ring (bicyclic) bond motifs is 1. The Kier molecular flexibility index (Phi) is 7.48. The second kappa shape index (κ2) is 10.5. The molecule has 4 rings (SSSR count). The minimum Gasteiger partial charge on any atom is -0.493 e. The van der Waals surface area contributed by atoms with Crippen LogP contribution in [0.25, 0.3) is 11.0 Å². The van der Waals surface area contributed by atoms with Gasteiger partial charge in [0.05, 0.1) is 36.9 Å². The number of ether oxygens (including phenoxy) is 2. The first-order valence-corrected chi connectivity index (χ1v) is 12.0. The number of hydrogen-bond acceptors (Lipinski definition) is 4. The number of para-hydroxylation sites is 2. The van der Waals surface area contributed by atoms with Crippen LogP contribution in [0.4, 0.5) is 0 Å². The fourth-order valence-corrected chi connectivity index (χ4v) is 4.57. The van der Waals surface area contributed by atoms with E-state index in [4.69, 9.17) is 14.5 Å². The molecule has 3 aromatic rings. The molecule has 0 saturated carbocycles. The minimum atomic E-state index is 0.281. The van der Waals surface area contributed by atoms with Crippen molar-refractivity contribution in [3.05, 3.63) is 59.4 Å². The van der Waals surface area contributed by atoms with Crippen molar-refractivity contribution in [3.63, 3.8) is 0 Å². The van der Waals surface area contributed by atoms with Crippen LogP contribution in [0.2, 0.25) is 0 Å². The highest BCUT2D eigenvalue weighted by molar-refractivity contribution is 5.76. The Balaban J connectivity index is 1.41. The zero-order chi connectivity index (χ0) is 22.5. The van der Waals surface area contributed by atoms with Crippen LogP contribution in [0.1, 0.15) is 62.5 Å². The number of imidazole rings is 1. The van der Waals surface area contributed by atoms with E-state index in [0.29, 0.717) is 5.92 Å². The van der Waals surface area contributed by atoms with Crippen molar-refractivity contribution in [2.75, 3.05) is 32.9 Å². The fraction of sp³-hybridized carbons (Fsp3) is 0.519. The van der Waals surface area contributed by atoms with Crippen LogP contribution in [0.15, 0.2) is 42.5 Å². The molecule has 1 unspecified atom stereocenters. The largest absolute Gasteiger partial charge is 0.493 e. The van der Waals surface area contributed by atoms with E-state index in [-0.39, 0.29) is 6.04 Å². The molecule has 0 amide bonds. The standard InChI is InChI=1S/C27H37N3O2/c1-20(2)23-12-11-21(3)19-26(23)32-16-8-7-13-30-25-10-6-5-9-24(25)28-27(30)22(4)29-14-17-31-18-15-29/h5-6,9-12,19-20,22H,7-8,13-18H2,1-4H3. The maximum atomic E-state index is 6.21. The van der Waals surface area contributed by atoms with Crippen LogP contribution in [-0.4, -0.2) is 47.4 Å². The summed E-state index contributed by atoms with van der Waals surface area (Å²) < 4.78 is 14.2. The second-order valence-electron chi connectivity index (χ2n) is 9.19. The summed E-state index contributed by atoms with van der Waals surface area (Å²) in [5.74, 6) is 2.66. The van der Waals surface area contributed by atoms with Crippen LogP contribution in [-0.2, 0) is 11.3 Å². The summed E-state index contributed by atoms with van der Waals surface area (Å²) in [6.45, 7) is 14.1. The lowest BCUT2D eigenvalue weighted by Crippen LogP contribution is -2.39. The smallest absolute Gasteiger partial charge is 0.127 e. The lowest BCUT2D eigenvalue weighted by molar-refractivity contribution is 0.0176. The lowest BCUT2D eigenvalue weighted by atomic mass is 10.0. The van der Waals surface area contributed by atoms with Crippen molar-refractivity contribution >= 4 is 11.0 Å². The van der Waals surface area contributed by atoms with E-state index in [1.54, 1.807) is 0 Å². The van der Waals surface area contributed by atoms with Gasteiger partial charge in [-0.25, -0.2) is 4.98 Å². The van der Waals surface area contributed by atoms with E-state index in [1.807, 2.05) is 0 Å². The SMILES string of the molecule is Cc1ccc(C(C)C)c(OCCCCn2c(C(C)N3CCOCC3)nc3ccccc32)c1. The van der Waals surface area contributed by atoms with E-state index in [2.05, 4.69) is 79.6 Å². The van der Waals surface area contributed by atoms with Crippen molar-refractivity contribution in [2.45, 2.75) is 59.0 Å². The Labute approximate surface area is 192 Å². The van der Waals surface area contributed by atoms with Gasteiger partial charge >= 0.3 is 0 Å². The minimum absolute atomic E-state index is 0.281. The number of aryl methyl sites for hydroxylation is 2. The summed E-state index contributed by atoms with van der Waals surface area (Å²) in [6.07, 6.45) is 2.08. The van der Waals surface area contributed by atoms with Crippen molar-refractivity contribution in [2.24, 2.45) is 0 Å². The molecule has 1 atom stereocenters. The topological polar surface area (TPSA) is 39.5 Å². The van der Waals surface area contributed by atoms with Gasteiger partial charge in [0.25, 0.3) is 0 Å². The normalized spacial score (nSPS) is 16.0. The monoisotopic (exact) mass is 435 g/mol. The molecule has 0 N–H and O–H groups in total. The highest BCUT2D eigenvalue weighted by Crippen LogP contribution is 2.28. The van der Waals surface area contributed by atoms with E-state index < -0.39 is 0 Å². The predicted molar refractivity (Wildman–Crippen MR) is 131 cm³/mol. The van der Waals surface area contributed by atoms with E-state index in [0.717, 1.165) is 69.4 Å². The average Bonchev–Trinajstić information content (AvgIpc) is 3.17. The number of nitrogens with zero attached hydrogens (tertiary/aromatic N) is 3. The molecule has 0 spiro atoms. The van der Waals surface area contributed by atoms with Crippen LogP contribution in [0.5, 0.6) is 5.75 Å². The predicted octanol–water partition coefficient (Wildman–Crippen LogP) is 5.72. The Morgan fingerprint density at radius 3 is 2.59 bits per heavy atom. The van der Waals surface area contributed by atoms with Crippen LogP contribution < -0.4 is 4.74 Å². The van der Waals surface area contributed by atoms with Gasteiger partial charge in [0.1, 0.15) is 11.6 Å². The van der Waals surface area contributed by atoms with Gasteiger partial charge in [-0.1, -0.05) is 38.1 Å². The summed E-state index contributed by atoms with van der Waals surface area (Å²) in [5, 5.41) is 0. The van der Waals surface area contributed by atoms with Gasteiger partial charge in [-0.2, -0.15) is 0 Å². The van der Waals surface area contributed by atoms with Crippen molar-refractivity contribution < 1.29 is 9.47 Å². The molecule has 1 aromatic heterocycles. The Bertz CT molecular complexity index is 1020. The van der Waals surface area contributed by atoms with Gasteiger partial charge in [0.2, 0.25) is 0 Å². The first-order chi connectivity index (χ1) is 15.5. The number of hydrogen-bond donors (Lipinski definition) is 0. The van der Waals surface area contributed by atoms with Crippen molar-refractivity contribution in [1.82, 2.24) is 14.5 Å². The molecule has 172 valence electrons. The van der Waals surface area contributed by atoms with Gasteiger partial charge in [0.15, 0.2) is 0 Å². The third kappa shape index (κ3) is 5.16. The highest BCUT2D eigenvalue weighted by atomic mass is 16.5. The summed E-state index contributed by atoms with van der Waals surface area (Å²) >= 11 is 0. The number of morpholine rings is 1. The molecule has 32 heavy (non-hydrogen) atoms. The number of unbranched alkanes of at least 4 members (excludes halogenated alkanes) is 1. The molecule has 0 aliphatic carbocycles. The average molecular weight is 436 g/mol. The zero-order valence-corrected chi connectivity index (χ0v) is 20.0. The van der Waals surface area contributed by atoms with E-state index >= 15 is 0 Å². The summed E-state index contributed by atoms with van der Waals surface area (Å²) in [4.78, 5) is 7.51. The molecule has 5 nitrogen and oxygen atoms in total. The molecule has 2 aromatic carbocycles. The third-order valence-corrected chi connectivity index (χ3v) is 6.48. The Morgan fingerprint density at radius 2 is 1.81 bits per heavy atom. The van der Waals surface area contributed by atoms with Crippen molar-refractivity contribution in [1.29, 1.82) is 0 Å². The van der Waals surface area contributed by atoms with Gasteiger partial charge < -0.3 is 14.0 Å². The van der Waals surface area contributed by atoms with Gasteiger partial charge in [-0.3, -0.25) is 4.90 Å². The maximum Gasteiger partial charge on any atom is 0.127 e.